The monoisotopic (exact) mass is 320 g/mol. The first-order valence-electron chi connectivity index (χ1n) is 4.96. The van der Waals surface area contributed by atoms with Gasteiger partial charge in [0.05, 0.1) is 5.51 Å². The number of carboxylic acid groups (broad SMARTS) is 1. The molecule has 1 heterocycles. The maximum absolute atomic E-state index is 13.4. The maximum Gasteiger partial charge on any atom is 0.356 e. The van der Waals surface area contributed by atoms with Crippen LogP contribution < -0.4 is 4.72 Å². The Labute approximate surface area is 115 Å². The van der Waals surface area contributed by atoms with Crippen molar-refractivity contribution in [3.8, 4) is 0 Å². The van der Waals surface area contributed by atoms with E-state index in [0.29, 0.717) is 11.3 Å². The quantitative estimate of drug-likeness (QED) is 0.897. The van der Waals surface area contributed by atoms with Crippen LogP contribution in [0.2, 0.25) is 0 Å². The predicted octanol–water partition coefficient (Wildman–Crippen LogP) is 1.92. The van der Waals surface area contributed by atoms with Crippen molar-refractivity contribution in [1.82, 2.24) is 4.98 Å². The van der Waals surface area contributed by atoms with E-state index in [1.807, 2.05) is 0 Å². The molecule has 1 aromatic carbocycles. The van der Waals surface area contributed by atoms with Crippen molar-refractivity contribution >= 4 is 33.0 Å². The number of aromatic nitrogens is 1. The van der Waals surface area contributed by atoms with Crippen molar-refractivity contribution in [1.29, 1.82) is 0 Å². The van der Waals surface area contributed by atoms with Crippen LogP contribution in [0.3, 0.4) is 0 Å². The number of carbonyl (C=O) groups is 1. The number of para-hydroxylation sites is 1. The molecule has 0 saturated carbocycles. The SMILES string of the molecule is O=C(O)c1ncsc1S(=O)(=O)Nc1c(F)cccc1F. The number of carboxylic acids is 1. The zero-order valence-electron chi connectivity index (χ0n) is 9.50. The molecule has 0 fully saturated rings. The summed E-state index contributed by atoms with van der Waals surface area (Å²) in [6.07, 6.45) is 0. The molecular weight excluding hydrogens is 314 g/mol. The van der Waals surface area contributed by atoms with Gasteiger partial charge in [0.25, 0.3) is 10.0 Å². The summed E-state index contributed by atoms with van der Waals surface area (Å²) >= 11 is 0.528. The standard InChI is InChI=1S/C10H6F2N2O4S2/c11-5-2-1-3-6(12)7(5)14-20(17,18)10-8(9(15)16)13-4-19-10/h1-4,14H,(H,15,16). The average Bonchev–Trinajstić information content (AvgIpc) is 2.84. The molecule has 0 aliphatic heterocycles. The van der Waals surface area contributed by atoms with Crippen LogP contribution >= 0.6 is 11.3 Å². The number of hydrogen-bond acceptors (Lipinski definition) is 5. The van der Waals surface area contributed by atoms with Crippen LogP contribution in [0.25, 0.3) is 0 Å². The third-order valence-electron chi connectivity index (χ3n) is 2.18. The number of hydrogen-bond donors (Lipinski definition) is 2. The molecule has 6 nitrogen and oxygen atoms in total. The van der Waals surface area contributed by atoms with Crippen molar-refractivity contribution in [3.05, 3.63) is 41.0 Å². The largest absolute Gasteiger partial charge is 0.476 e. The van der Waals surface area contributed by atoms with Crippen molar-refractivity contribution in [3.63, 3.8) is 0 Å². The molecule has 0 aliphatic rings. The highest BCUT2D eigenvalue weighted by Crippen LogP contribution is 2.26. The van der Waals surface area contributed by atoms with Crippen molar-refractivity contribution in [2.75, 3.05) is 4.72 Å². The number of nitrogens with zero attached hydrogens (tertiary/aromatic N) is 1. The van der Waals surface area contributed by atoms with Gasteiger partial charge in [-0.2, -0.15) is 0 Å². The topological polar surface area (TPSA) is 96.4 Å². The van der Waals surface area contributed by atoms with Gasteiger partial charge in [0.2, 0.25) is 0 Å². The van der Waals surface area contributed by atoms with Crippen molar-refractivity contribution in [2.24, 2.45) is 0 Å². The predicted molar refractivity (Wildman–Crippen MR) is 66.2 cm³/mol. The van der Waals surface area contributed by atoms with Crippen molar-refractivity contribution in [2.45, 2.75) is 4.21 Å². The minimum absolute atomic E-state index is 0.528. The number of nitrogens with one attached hydrogen (secondary N) is 1. The molecule has 0 aliphatic carbocycles. The molecule has 10 heteroatoms. The van der Waals surface area contributed by atoms with E-state index < -0.39 is 43.2 Å². The zero-order valence-corrected chi connectivity index (χ0v) is 11.1. The summed E-state index contributed by atoms with van der Waals surface area (Å²) in [6.45, 7) is 0. The molecule has 2 N–H and O–H groups in total. The van der Waals surface area contributed by atoms with E-state index in [4.69, 9.17) is 5.11 Å². The number of halogens is 2. The molecule has 2 rings (SSSR count). The van der Waals surface area contributed by atoms with Crippen LogP contribution in [0.5, 0.6) is 0 Å². The van der Waals surface area contributed by atoms with E-state index in [-0.39, 0.29) is 0 Å². The van der Waals surface area contributed by atoms with Gasteiger partial charge in [0, 0.05) is 0 Å². The van der Waals surface area contributed by atoms with Gasteiger partial charge in [0.15, 0.2) is 9.90 Å². The number of anilines is 1. The molecule has 0 atom stereocenters. The summed E-state index contributed by atoms with van der Waals surface area (Å²) in [5.41, 5.74) is -0.577. The average molecular weight is 320 g/mol. The molecule has 2 aromatic rings. The number of benzene rings is 1. The zero-order chi connectivity index (χ0) is 14.9. The first kappa shape index (κ1) is 14.3. The fourth-order valence-electron chi connectivity index (χ4n) is 1.34. The summed E-state index contributed by atoms with van der Waals surface area (Å²) in [4.78, 5) is 14.2. The van der Waals surface area contributed by atoms with Gasteiger partial charge in [-0.1, -0.05) is 6.07 Å². The Kier molecular flexibility index (Phi) is 3.68. The minimum Gasteiger partial charge on any atom is -0.476 e. The van der Waals surface area contributed by atoms with Crippen LogP contribution in [0.15, 0.2) is 27.9 Å². The second kappa shape index (κ2) is 5.13. The lowest BCUT2D eigenvalue weighted by molar-refractivity contribution is 0.0687. The summed E-state index contributed by atoms with van der Waals surface area (Å²) in [7, 11) is -4.45. The van der Waals surface area contributed by atoms with Gasteiger partial charge >= 0.3 is 5.97 Å². The Morgan fingerprint density at radius 1 is 1.30 bits per heavy atom. The molecule has 20 heavy (non-hydrogen) atoms. The second-order valence-electron chi connectivity index (χ2n) is 3.50. The summed E-state index contributed by atoms with van der Waals surface area (Å²) < 4.78 is 51.7. The van der Waals surface area contributed by atoms with E-state index in [9.17, 15) is 22.0 Å². The van der Waals surface area contributed by atoms with Crippen molar-refractivity contribution < 1.29 is 27.1 Å². The first-order valence-corrected chi connectivity index (χ1v) is 7.33. The third kappa shape index (κ3) is 2.60. The van der Waals surface area contributed by atoms with Gasteiger partial charge in [-0.3, -0.25) is 4.72 Å². The lowest BCUT2D eigenvalue weighted by Gasteiger charge is -2.08. The van der Waals surface area contributed by atoms with Gasteiger partial charge < -0.3 is 5.11 Å². The van der Waals surface area contributed by atoms with Crippen LogP contribution in [0.1, 0.15) is 10.5 Å². The number of rotatable bonds is 4. The van der Waals surface area contributed by atoms with E-state index in [1.165, 1.54) is 0 Å². The minimum atomic E-state index is -4.45. The second-order valence-corrected chi connectivity index (χ2v) is 6.23. The molecule has 0 spiro atoms. The lowest BCUT2D eigenvalue weighted by atomic mass is 10.3. The molecule has 106 valence electrons. The molecule has 0 amide bonds. The third-order valence-corrected chi connectivity index (χ3v) is 4.90. The maximum atomic E-state index is 13.4. The van der Waals surface area contributed by atoms with Crippen LogP contribution in [0.4, 0.5) is 14.5 Å². The fourth-order valence-corrected chi connectivity index (χ4v) is 3.56. The molecule has 0 bridgehead atoms. The van der Waals surface area contributed by atoms with E-state index >= 15 is 0 Å². The summed E-state index contributed by atoms with van der Waals surface area (Å²) in [6, 6.07) is 2.80. The molecule has 0 unspecified atom stereocenters. The van der Waals surface area contributed by atoms with Crippen LogP contribution in [-0.2, 0) is 10.0 Å². The highest BCUT2D eigenvalue weighted by Gasteiger charge is 2.27. The Hall–Kier alpha value is -2.07. The molecule has 0 radical (unpaired) electrons. The Morgan fingerprint density at radius 2 is 1.90 bits per heavy atom. The number of aromatic carboxylic acids is 1. The normalized spacial score (nSPS) is 11.3. The van der Waals surface area contributed by atoms with Gasteiger partial charge in [-0.25, -0.2) is 27.0 Å². The van der Waals surface area contributed by atoms with Crippen LogP contribution in [-0.4, -0.2) is 24.5 Å². The Balaban J connectivity index is 2.47. The lowest BCUT2D eigenvalue weighted by Crippen LogP contribution is -2.17. The van der Waals surface area contributed by atoms with Crippen LogP contribution in [0, 0.1) is 11.6 Å². The number of sulfonamides is 1. The Morgan fingerprint density at radius 3 is 2.45 bits per heavy atom. The summed E-state index contributed by atoms with van der Waals surface area (Å²) in [5, 5.41) is 8.80. The fraction of sp³-hybridized carbons (Fsp3) is 0. The van der Waals surface area contributed by atoms with E-state index in [2.05, 4.69) is 4.98 Å². The van der Waals surface area contributed by atoms with Gasteiger partial charge in [0.1, 0.15) is 17.3 Å². The van der Waals surface area contributed by atoms with Gasteiger partial charge in [-0.05, 0) is 12.1 Å². The highest BCUT2D eigenvalue weighted by molar-refractivity contribution is 7.94. The Bertz CT molecular complexity index is 753. The first-order chi connectivity index (χ1) is 9.33. The number of thiazole rings is 1. The highest BCUT2D eigenvalue weighted by atomic mass is 32.2. The molecule has 0 saturated heterocycles. The van der Waals surface area contributed by atoms with E-state index in [1.54, 1.807) is 4.72 Å². The molecule has 1 aromatic heterocycles. The molecular formula is C10H6F2N2O4S2. The summed E-state index contributed by atoms with van der Waals surface area (Å²) in [5.74, 6) is -3.79. The smallest absolute Gasteiger partial charge is 0.356 e. The van der Waals surface area contributed by atoms with Gasteiger partial charge in [-0.15, -0.1) is 11.3 Å². The van der Waals surface area contributed by atoms with E-state index in [0.717, 1.165) is 23.7 Å².